The van der Waals surface area contributed by atoms with Gasteiger partial charge in [-0.3, -0.25) is 0 Å². The highest BCUT2D eigenvalue weighted by Gasteiger charge is 2.14. The number of fused-ring (bicyclic) bond motifs is 1. The molecule has 1 aromatic carbocycles. The molecule has 0 radical (unpaired) electrons. The molecule has 0 bridgehead atoms. The molecule has 4 heteroatoms. The number of alkyl halides is 1. The SMILES string of the molecule is CC(Cl)c1nc2ccccc2n1CCCN(C)C. The van der Waals surface area contributed by atoms with Crippen LogP contribution in [0.1, 0.15) is 24.5 Å². The van der Waals surface area contributed by atoms with Gasteiger partial charge in [-0.15, -0.1) is 11.6 Å². The average Bonchev–Trinajstić information content (AvgIpc) is 2.68. The minimum absolute atomic E-state index is 0.0586. The summed E-state index contributed by atoms with van der Waals surface area (Å²) in [6.45, 7) is 4.01. The predicted octanol–water partition coefficient (Wildman–Crippen LogP) is 3.29. The normalized spacial score (nSPS) is 13.4. The van der Waals surface area contributed by atoms with Crippen LogP contribution >= 0.6 is 11.6 Å². The molecule has 0 fully saturated rings. The average molecular weight is 266 g/mol. The molecular formula is C14H20ClN3. The summed E-state index contributed by atoms with van der Waals surface area (Å²) in [5.41, 5.74) is 2.21. The molecule has 1 atom stereocenters. The van der Waals surface area contributed by atoms with E-state index in [0.717, 1.165) is 30.9 Å². The van der Waals surface area contributed by atoms with Crippen molar-refractivity contribution < 1.29 is 0 Å². The molecule has 98 valence electrons. The van der Waals surface area contributed by atoms with Gasteiger partial charge in [-0.2, -0.15) is 0 Å². The van der Waals surface area contributed by atoms with Crippen molar-refractivity contribution in [3.63, 3.8) is 0 Å². The first kappa shape index (κ1) is 13.4. The van der Waals surface area contributed by atoms with E-state index in [-0.39, 0.29) is 5.38 Å². The first-order valence-electron chi connectivity index (χ1n) is 6.33. The topological polar surface area (TPSA) is 21.1 Å². The first-order valence-corrected chi connectivity index (χ1v) is 6.77. The fourth-order valence-corrected chi connectivity index (χ4v) is 2.34. The molecule has 3 nitrogen and oxygen atoms in total. The van der Waals surface area contributed by atoms with Gasteiger partial charge in [0.2, 0.25) is 0 Å². The van der Waals surface area contributed by atoms with Crippen molar-refractivity contribution in [2.75, 3.05) is 20.6 Å². The Kier molecular flexibility index (Phi) is 4.25. The molecule has 0 amide bonds. The summed E-state index contributed by atoms with van der Waals surface area (Å²) in [5.74, 6) is 0.969. The van der Waals surface area contributed by atoms with E-state index in [2.05, 4.69) is 40.7 Å². The lowest BCUT2D eigenvalue weighted by Crippen LogP contribution is -2.16. The number of imidazole rings is 1. The highest BCUT2D eigenvalue weighted by molar-refractivity contribution is 6.20. The standard InChI is InChI=1S/C14H20ClN3/c1-11(15)14-16-12-7-4-5-8-13(12)18(14)10-6-9-17(2)3/h4-5,7-8,11H,6,9-10H2,1-3H3. The fraction of sp³-hybridized carbons (Fsp3) is 0.500. The highest BCUT2D eigenvalue weighted by atomic mass is 35.5. The molecule has 0 aliphatic carbocycles. The molecular weight excluding hydrogens is 246 g/mol. The van der Waals surface area contributed by atoms with Crippen LogP contribution in [-0.2, 0) is 6.54 Å². The van der Waals surface area contributed by atoms with Gasteiger partial charge in [0.15, 0.2) is 0 Å². The van der Waals surface area contributed by atoms with Gasteiger partial charge >= 0.3 is 0 Å². The largest absolute Gasteiger partial charge is 0.327 e. The molecule has 0 saturated carbocycles. The molecule has 0 aliphatic heterocycles. The summed E-state index contributed by atoms with van der Waals surface area (Å²) in [7, 11) is 4.19. The maximum absolute atomic E-state index is 6.23. The van der Waals surface area contributed by atoms with Gasteiger partial charge in [-0.05, 0) is 46.1 Å². The van der Waals surface area contributed by atoms with Gasteiger partial charge in [-0.25, -0.2) is 4.98 Å². The zero-order chi connectivity index (χ0) is 13.1. The number of rotatable bonds is 5. The molecule has 1 aromatic heterocycles. The Bertz CT molecular complexity index is 517. The number of aromatic nitrogens is 2. The van der Waals surface area contributed by atoms with Gasteiger partial charge in [0.1, 0.15) is 5.82 Å². The van der Waals surface area contributed by atoms with E-state index in [0.29, 0.717) is 0 Å². The number of hydrogen-bond donors (Lipinski definition) is 0. The van der Waals surface area contributed by atoms with Crippen LogP contribution in [-0.4, -0.2) is 35.1 Å². The van der Waals surface area contributed by atoms with Crippen molar-refractivity contribution in [1.29, 1.82) is 0 Å². The third-order valence-electron chi connectivity index (χ3n) is 3.03. The van der Waals surface area contributed by atoms with Crippen LogP contribution in [0.3, 0.4) is 0 Å². The molecule has 0 N–H and O–H groups in total. The van der Waals surface area contributed by atoms with Gasteiger partial charge in [0, 0.05) is 6.54 Å². The second kappa shape index (κ2) is 5.72. The number of halogens is 1. The molecule has 18 heavy (non-hydrogen) atoms. The van der Waals surface area contributed by atoms with Crippen molar-refractivity contribution in [2.45, 2.75) is 25.3 Å². The quantitative estimate of drug-likeness (QED) is 0.774. The van der Waals surface area contributed by atoms with Crippen LogP contribution < -0.4 is 0 Å². The summed E-state index contributed by atoms with van der Waals surface area (Å²) < 4.78 is 2.25. The minimum atomic E-state index is -0.0586. The Hall–Kier alpha value is -1.06. The van der Waals surface area contributed by atoms with E-state index in [4.69, 9.17) is 11.6 Å². The maximum Gasteiger partial charge on any atom is 0.127 e. The van der Waals surface area contributed by atoms with Crippen LogP contribution in [0.2, 0.25) is 0 Å². The third kappa shape index (κ3) is 2.85. The van der Waals surface area contributed by atoms with E-state index in [1.165, 1.54) is 5.52 Å². The molecule has 1 unspecified atom stereocenters. The number of para-hydroxylation sites is 2. The van der Waals surface area contributed by atoms with Crippen molar-refractivity contribution in [1.82, 2.24) is 14.5 Å². The zero-order valence-electron chi connectivity index (χ0n) is 11.2. The molecule has 0 aliphatic rings. The Morgan fingerprint density at radius 2 is 2.06 bits per heavy atom. The highest BCUT2D eigenvalue weighted by Crippen LogP contribution is 2.24. The lowest BCUT2D eigenvalue weighted by molar-refractivity contribution is 0.386. The predicted molar refractivity (Wildman–Crippen MR) is 77.2 cm³/mol. The van der Waals surface area contributed by atoms with E-state index < -0.39 is 0 Å². The van der Waals surface area contributed by atoms with Crippen molar-refractivity contribution in [3.05, 3.63) is 30.1 Å². The van der Waals surface area contributed by atoms with Crippen LogP contribution in [0.25, 0.3) is 11.0 Å². The second-order valence-corrected chi connectivity index (χ2v) is 5.54. The monoisotopic (exact) mass is 265 g/mol. The number of hydrogen-bond acceptors (Lipinski definition) is 2. The van der Waals surface area contributed by atoms with E-state index in [1.54, 1.807) is 0 Å². The second-order valence-electron chi connectivity index (χ2n) is 4.88. The minimum Gasteiger partial charge on any atom is -0.327 e. The fourth-order valence-electron chi connectivity index (χ4n) is 2.18. The Balaban J connectivity index is 2.30. The van der Waals surface area contributed by atoms with Crippen LogP contribution in [0.4, 0.5) is 0 Å². The van der Waals surface area contributed by atoms with E-state index in [9.17, 15) is 0 Å². The van der Waals surface area contributed by atoms with Gasteiger partial charge in [-0.1, -0.05) is 12.1 Å². The zero-order valence-corrected chi connectivity index (χ0v) is 12.0. The maximum atomic E-state index is 6.23. The van der Waals surface area contributed by atoms with Gasteiger partial charge in [0.05, 0.1) is 16.4 Å². The number of aryl methyl sites for hydroxylation is 1. The molecule has 1 heterocycles. The van der Waals surface area contributed by atoms with Crippen molar-refractivity contribution >= 4 is 22.6 Å². The smallest absolute Gasteiger partial charge is 0.127 e. The molecule has 2 rings (SSSR count). The number of benzene rings is 1. The molecule has 0 saturated heterocycles. The van der Waals surface area contributed by atoms with E-state index in [1.807, 2.05) is 19.1 Å². The Morgan fingerprint density at radius 1 is 1.33 bits per heavy atom. The van der Waals surface area contributed by atoms with Crippen molar-refractivity contribution in [3.8, 4) is 0 Å². The lowest BCUT2D eigenvalue weighted by Gasteiger charge is -2.13. The van der Waals surface area contributed by atoms with Crippen molar-refractivity contribution in [2.24, 2.45) is 0 Å². The van der Waals surface area contributed by atoms with Crippen LogP contribution in [0, 0.1) is 0 Å². The lowest BCUT2D eigenvalue weighted by atomic mass is 10.3. The molecule has 2 aromatic rings. The summed E-state index contributed by atoms with van der Waals surface area (Å²) in [6, 6.07) is 8.22. The van der Waals surface area contributed by atoms with E-state index >= 15 is 0 Å². The van der Waals surface area contributed by atoms with Crippen LogP contribution in [0.5, 0.6) is 0 Å². The molecule has 0 spiro atoms. The summed E-state index contributed by atoms with van der Waals surface area (Å²) in [5, 5.41) is -0.0586. The Labute approximate surface area is 113 Å². The van der Waals surface area contributed by atoms with Crippen LogP contribution in [0.15, 0.2) is 24.3 Å². The first-order chi connectivity index (χ1) is 8.59. The number of nitrogens with zero attached hydrogens (tertiary/aromatic N) is 3. The summed E-state index contributed by atoms with van der Waals surface area (Å²) >= 11 is 6.23. The Morgan fingerprint density at radius 3 is 2.72 bits per heavy atom. The van der Waals surface area contributed by atoms with Gasteiger partial charge < -0.3 is 9.47 Å². The third-order valence-corrected chi connectivity index (χ3v) is 3.22. The van der Waals surface area contributed by atoms with Gasteiger partial charge in [0.25, 0.3) is 0 Å². The summed E-state index contributed by atoms with van der Waals surface area (Å²) in [4.78, 5) is 6.82. The summed E-state index contributed by atoms with van der Waals surface area (Å²) in [6.07, 6.45) is 1.10.